The molecule has 0 aromatic carbocycles. The highest BCUT2D eigenvalue weighted by Gasteiger charge is 2.55. The molecule has 2 fully saturated rings. The lowest BCUT2D eigenvalue weighted by Crippen LogP contribution is -2.42. The normalized spacial score (nSPS) is 36.1. The number of hydrogen-bond donors (Lipinski definition) is 0. The molecular formula is C20H35F3. The van der Waals surface area contributed by atoms with E-state index in [2.05, 4.69) is 6.92 Å². The topological polar surface area (TPSA) is 0 Å². The van der Waals surface area contributed by atoms with Crippen molar-refractivity contribution < 1.29 is 13.2 Å². The predicted octanol–water partition coefficient (Wildman–Crippen LogP) is 7.52. The standard InChI is InChI=1S/C20H35F3/c1-3-5-13-19(20(21,22)23)14-11-18(12-15-19)17-9-7-16(6-4-2)8-10-17/h16-18H,3-15H2,1-2H3/t16?,17?,18-,19+. The quantitative estimate of drug-likeness (QED) is 0.472. The third-order valence-electron chi connectivity index (χ3n) is 6.85. The van der Waals surface area contributed by atoms with Crippen molar-refractivity contribution in [1.29, 1.82) is 0 Å². The SMILES string of the molecule is CCCC[C@]1(C(F)(F)F)CC[C@@H](C2CCC(CCC)CC2)CC1. The summed E-state index contributed by atoms with van der Waals surface area (Å²) in [5.74, 6) is 2.16. The van der Waals surface area contributed by atoms with Gasteiger partial charge in [-0.15, -0.1) is 0 Å². The van der Waals surface area contributed by atoms with Crippen LogP contribution in [0.15, 0.2) is 0 Å². The van der Waals surface area contributed by atoms with E-state index in [4.69, 9.17) is 0 Å². The Kier molecular flexibility index (Phi) is 6.86. The van der Waals surface area contributed by atoms with Crippen LogP contribution in [-0.4, -0.2) is 6.18 Å². The minimum Gasteiger partial charge on any atom is -0.171 e. The van der Waals surface area contributed by atoms with Gasteiger partial charge in [0.15, 0.2) is 0 Å². The van der Waals surface area contributed by atoms with E-state index in [-0.39, 0.29) is 0 Å². The molecule has 0 aromatic rings. The van der Waals surface area contributed by atoms with Gasteiger partial charge in [-0.2, -0.15) is 13.2 Å². The van der Waals surface area contributed by atoms with Crippen LogP contribution in [0.4, 0.5) is 13.2 Å². The molecule has 2 rings (SSSR count). The minimum atomic E-state index is -4.01. The van der Waals surface area contributed by atoms with E-state index in [0.717, 1.165) is 25.2 Å². The summed E-state index contributed by atoms with van der Waals surface area (Å²) < 4.78 is 40.9. The van der Waals surface area contributed by atoms with Gasteiger partial charge in [0.1, 0.15) is 0 Å². The smallest absolute Gasteiger partial charge is 0.171 e. The number of rotatable bonds is 6. The molecule has 2 aliphatic carbocycles. The Morgan fingerprint density at radius 3 is 1.87 bits per heavy atom. The molecule has 2 saturated carbocycles. The van der Waals surface area contributed by atoms with Crippen LogP contribution in [0.5, 0.6) is 0 Å². The number of alkyl halides is 3. The van der Waals surface area contributed by atoms with Crippen molar-refractivity contribution >= 4 is 0 Å². The fourth-order valence-corrected chi connectivity index (χ4v) is 5.21. The third-order valence-corrected chi connectivity index (χ3v) is 6.85. The Balaban J connectivity index is 1.87. The number of halogens is 3. The highest BCUT2D eigenvalue weighted by Crippen LogP contribution is 2.55. The van der Waals surface area contributed by atoms with Crippen LogP contribution < -0.4 is 0 Å². The molecule has 0 aliphatic heterocycles. The number of unbranched alkanes of at least 4 members (excludes halogenated alkanes) is 1. The van der Waals surface area contributed by atoms with Gasteiger partial charge >= 0.3 is 6.18 Å². The Labute approximate surface area is 140 Å². The summed E-state index contributed by atoms with van der Waals surface area (Å²) in [4.78, 5) is 0. The molecule has 0 heterocycles. The molecule has 0 atom stereocenters. The Morgan fingerprint density at radius 2 is 1.39 bits per heavy atom. The van der Waals surface area contributed by atoms with Gasteiger partial charge in [-0.3, -0.25) is 0 Å². The molecule has 0 amide bonds. The Morgan fingerprint density at radius 1 is 0.826 bits per heavy atom. The predicted molar refractivity (Wildman–Crippen MR) is 90.3 cm³/mol. The first-order valence-electron chi connectivity index (χ1n) is 9.98. The molecule has 0 aromatic heterocycles. The van der Waals surface area contributed by atoms with Gasteiger partial charge in [-0.25, -0.2) is 0 Å². The summed E-state index contributed by atoms with van der Waals surface area (Å²) in [5, 5.41) is 0. The van der Waals surface area contributed by atoms with Crippen LogP contribution in [0.25, 0.3) is 0 Å². The summed E-state index contributed by atoms with van der Waals surface area (Å²) in [6.45, 7) is 4.24. The van der Waals surface area contributed by atoms with Gasteiger partial charge in [-0.05, 0) is 62.7 Å². The van der Waals surface area contributed by atoms with E-state index in [1.165, 1.54) is 38.5 Å². The van der Waals surface area contributed by atoms with Crippen LogP contribution >= 0.6 is 0 Å². The second kappa shape index (κ2) is 8.25. The second-order valence-electron chi connectivity index (χ2n) is 8.29. The fraction of sp³-hybridized carbons (Fsp3) is 1.00. The molecule has 0 bridgehead atoms. The van der Waals surface area contributed by atoms with Crippen LogP contribution in [0.2, 0.25) is 0 Å². The van der Waals surface area contributed by atoms with Gasteiger partial charge in [-0.1, -0.05) is 52.4 Å². The maximum absolute atomic E-state index is 13.6. The van der Waals surface area contributed by atoms with Crippen LogP contribution in [0.3, 0.4) is 0 Å². The average molecular weight is 332 g/mol. The first-order chi connectivity index (χ1) is 10.9. The molecular weight excluding hydrogens is 297 g/mol. The maximum Gasteiger partial charge on any atom is 0.394 e. The lowest BCUT2D eigenvalue weighted by Gasteiger charge is -2.44. The molecule has 23 heavy (non-hydrogen) atoms. The maximum atomic E-state index is 13.6. The van der Waals surface area contributed by atoms with Crippen LogP contribution in [0, 0.1) is 23.2 Å². The van der Waals surface area contributed by atoms with Crippen molar-refractivity contribution in [3.8, 4) is 0 Å². The molecule has 0 unspecified atom stereocenters. The van der Waals surface area contributed by atoms with E-state index in [0.29, 0.717) is 37.5 Å². The zero-order valence-electron chi connectivity index (χ0n) is 15.1. The highest BCUT2D eigenvalue weighted by molar-refractivity contribution is 4.93. The van der Waals surface area contributed by atoms with Gasteiger partial charge in [0, 0.05) is 0 Å². The fourth-order valence-electron chi connectivity index (χ4n) is 5.21. The van der Waals surface area contributed by atoms with Crippen molar-refractivity contribution in [2.24, 2.45) is 23.2 Å². The molecule has 2 aliphatic rings. The van der Waals surface area contributed by atoms with E-state index in [1.54, 1.807) is 0 Å². The number of hydrogen-bond acceptors (Lipinski definition) is 0. The van der Waals surface area contributed by atoms with Crippen molar-refractivity contribution in [1.82, 2.24) is 0 Å². The molecule has 0 saturated heterocycles. The first kappa shape index (κ1) is 19.1. The van der Waals surface area contributed by atoms with Gasteiger partial charge in [0.2, 0.25) is 0 Å². The molecule has 136 valence electrons. The zero-order chi connectivity index (χ0) is 16.9. The van der Waals surface area contributed by atoms with Crippen molar-refractivity contribution in [2.75, 3.05) is 0 Å². The summed E-state index contributed by atoms with van der Waals surface area (Å²) >= 11 is 0. The van der Waals surface area contributed by atoms with E-state index in [9.17, 15) is 13.2 Å². The zero-order valence-corrected chi connectivity index (χ0v) is 15.1. The van der Waals surface area contributed by atoms with E-state index in [1.807, 2.05) is 6.92 Å². The molecule has 0 spiro atoms. The van der Waals surface area contributed by atoms with E-state index < -0.39 is 11.6 Å². The minimum absolute atomic E-state index is 0.350. The average Bonchev–Trinajstić information content (AvgIpc) is 2.53. The van der Waals surface area contributed by atoms with Gasteiger partial charge < -0.3 is 0 Å². The second-order valence-corrected chi connectivity index (χ2v) is 8.29. The Hall–Kier alpha value is -0.210. The van der Waals surface area contributed by atoms with Crippen molar-refractivity contribution in [3.05, 3.63) is 0 Å². The monoisotopic (exact) mass is 332 g/mol. The van der Waals surface area contributed by atoms with Crippen LogP contribution in [0.1, 0.15) is 97.3 Å². The molecule has 0 nitrogen and oxygen atoms in total. The van der Waals surface area contributed by atoms with Crippen molar-refractivity contribution in [3.63, 3.8) is 0 Å². The Bertz CT molecular complexity index is 331. The summed E-state index contributed by atoms with van der Waals surface area (Å²) in [7, 11) is 0. The summed E-state index contributed by atoms with van der Waals surface area (Å²) in [6.07, 6.45) is 8.09. The molecule has 0 N–H and O–H groups in total. The summed E-state index contributed by atoms with van der Waals surface area (Å²) in [6, 6.07) is 0. The lowest BCUT2D eigenvalue weighted by molar-refractivity contribution is -0.241. The largest absolute Gasteiger partial charge is 0.394 e. The highest BCUT2D eigenvalue weighted by atomic mass is 19.4. The third kappa shape index (κ3) is 4.66. The van der Waals surface area contributed by atoms with Gasteiger partial charge in [0.25, 0.3) is 0 Å². The first-order valence-corrected chi connectivity index (χ1v) is 9.98. The van der Waals surface area contributed by atoms with E-state index >= 15 is 0 Å². The van der Waals surface area contributed by atoms with Crippen LogP contribution in [-0.2, 0) is 0 Å². The summed E-state index contributed by atoms with van der Waals surface area (Å²) in [5.41, 5.74) is -1.36. The molecule has 3 heteroatoms. The van der Waals surface area contributed by atoms with Gasteiger partial charge in [0.05, 0.1) is 5.41 Å². The lowest BCUT2D eigenvalue weighted by atomic mass is 9.62. The van der Waals surface area contributed by atoms with Crippen molar-refractivity contribution in [2.45, 2.75) is 103 Å². The molecule has 0 radical (unpaired) electrons.